The minimum Gasteiger partial charge on any atom is -0.334 e. The summed E-state index contributed by atoms with van der Waals surface area (Å²) < 4.78 is 5.19. The van der Waals surface area contributed by atoms with Gasteiger partial charge in [0.15, 0.2) is 5.82 Å². The van der Waals surface area contributed by atoms with Gasteiger partial charge in [0, 0.05) is 11.6 Å². The van der Waals surface area contributed by atoms with E-state index in [1.165, 1.54) is 12.8 Å². The normalized spacial score (nSPS) is 14.4. The number of nitrogens with one attached hydrogen (secondary N) is 1. The Morgan fingerprint density at radius 3 is 3.11 bits per heavy atom. The van der Waals surface area contributed by atoms with Gasteiger partial charge in [-0.25, -0.2) is 0 Å². The number of nitriles is 1. The molecule has 1 saturated carbocycles. The summed E-state index contributed by atoms with van der Waals surface area (Å²) in [5, 5.41) is 16.1. The summed E-state index contributed by atoms with van der Waals surface area (Å²) in [6.07, 6.45) is 2.46. The maximum absolute atomic E-state index is 8.84. The Hall–Kier alpha value is -2.19. The van der Waals surface area contributed by atoms with Crippen molar-refractivity contribution in [3.63, 3.8) is 0 Å². The third-order valence-electron chi connectivity index (χ3n) is 2.83. The molecule has 0 unspecified atom stereocenters. The Balaban J connectivity index is 1.76. The summed E-state index contributed by atoms with van der Waals surface area (Å²) in [5.41, 5.74) is 1.36. The third kappa shape index (κ3) is 2.39. The fourth-order valence-electron chi connectivity index (χ4n) is 1.69. The first kappa shape index (κ1) is 10.9. The molecule has 0 aliphatic heterocycles. The van der Waals surface area contributed by atoms with Crippen molar-refractivity contribution >= 4 is 0 Å². The number of rotatable bonds is 4. The molecule has 2 aromatic rings. The summed E-state index contributed by atoms with van der Waals surface area (Å²) in [6, 6.07) is 9.86. The molecule has 1 aromatic carbocycles. The molecule has 5 nitrogen and oxygen atoms in total. The van der Waals surface area contributed by atoms with Crippen molar-refractivity contribution in [1.82, 2.24) is 15.5 Å². The zero-order valence-corrected chi connectivity index (χ0v) is 9.76. The van der Waals surface area contributed by atoms with E-state index in [9.17, 15) is 0 Å². The van der Waals surface area contributed by atoms with Gasteiger partial charge in [-0.3, -0.25) is 0 Å². The van der Waals surface area contributed by atoms with Gasteiger partial charge in [0.25, 0.3) is 5.89 Å². The molecule has 0 saturated heterocycles. The second-order valence-corrected chi connectivity index (χ2v) is 4.36. The van der Waals surface area contributed by atoms with Crippen LogP contribution in [0.1, 0.15) is 24.2 Å². The molecule has 0 spiro atoms. The standard InChI is InChI=1S/C13H12N4O/c14-7-9-2-1-3-10(6-9)13-16-12(17-18-13)8-15-11-4-5-11/h1-3,6,11,15H,4-5,8H2. The Morgan fingerprint density at radius 1 is 1.44 bits per heavy atom. The van der Waals surface area contributed by atoms with Crippen LogP contribution in [0.4, 0.5) is 0 Å². The van der Waals surface area contributed by atoms with E-state index in [4.69, 9.17) is 9.78 Å². The summed E-state index contributed by atoms with van der Waals surface area (Å²) in [5.74, 6) is 1.11. The van der Waals surface area contributed by atoms with E-state index in [2.05, 4.69) is 21.5 Å². The Bertz CT molecular complexity index is 595. The molecule has 1 aliphatic carbocycles. The van der Waals surface area contributed by atoms with E-state index < -0.39 is 0 Å². The van der Waals surface area contributed by atoms with Crippen molar-refractivity contribution < 1.29 is 4.52 Å². The second-order valence-electron chi connectivity index (χ2n) is 4.36. The highest BCUT2D eigenvalue weighted by Crippen LogP contribution is 2.20. The topological polar surface area (TPSA) is 74.7 Å². The molecule has 1 aliphatic rings. The molecule has 0 bridgehead atoms. The maximum Gasteiger partial charge on any atom is 0.258 e. The van der Waals surface area contributed by atoms with Crippen molar-refractivity contribution in [1.29, 1.82) is 5.26 Å². The van der Waals surface area contributed by atoms with Crippen LogP contribution < -0.4 is 5.32 Å². The number of hydrogen-bond acceptors (Lipinski definition) is 5. The molecule has 5 heteroatoms. The molecule has 1 aromatic heterocycles. The first-order valence-electron chi connectivity index (χ1n) is 5.91. The summed E-state index contributed by atoms with van der Waals surface area (Å²) >= 11 is 0. The average molecular weight is 240 g/mol. The third-order valence-corrected chi connectivity index (χ3v) is 2.83. The van der Waals surface area contributed by atoms with Crippen LogP contribution in [0.3, 0.4) is 0 Å². The zero-order valence-electron chi connectivity index (χ0n) is 9.76. The minimum atomic E-state index is 0.458. The summed E-state index contributed by atoms with van der Waals surface area (Å²) in [6.45, 7) is 0.631. The summed E-state index contributed by atoms with van der Waals surface area (Å²) in [4.78, 5) is 4.31. The molecule has 1 fully saturated rings. The number of benzene rings is 1. The van der Waals surface area contributed by atoms with E-state index in [1.54, 1.807) is 18.2 Å². The van der Waals surface area contributed by atoms with Gasteiger partial charge in [0.1, 0.15) is 0 Å². The molecule has 0 atom stereocenters. The van der Waals surface area contributed by atoms with Gasteiger partial charge in [0.05, 0.1) is 18.2 Å². The van der Waals surface area contributed by atoms with Crippen molar-refractivity contribution in [2.45, 2.75) is 25.4 Å². The highest BCUT2D eigenvalue weighted by Gasteiger charge is 2.21. The molecule has 90 valence electrons. The van der Waals surface area contributed by atoms with Crippen LogP contribution in [0.5, 0.6) is 0 Å². The van der Waals surface area contributed by atoms with Crippen LogP contribution in [-0.2, 0) is 6.54 Å². The largest absolute Gasteiger partial charge is 0.334 e. The Labute approximate surface area is 104 Å². The van der Waals surface area contributed by atoms with Gasteiger partial charge in [0.2, 0.25) is 0 Å². The highest BCUT2D eigenvalue weighted by atomic mass is 16.5. The van der Waals surface area contributed by atoms with E-state index in [-0.39, 0.29) is 0 Å². The molecule has 0 amide bonds. The van der Waals surface area contributed by atoms with E-state index >= 15 is 0 Å². The van der Waals surface area contributed by atoms with Gasteiger partial charge < -0.3 is 9.84 Å². The molecular formula is C13H12N4O. The van der Waals surface area contributed by atoms with Crippen LogP contribution in [0.25, 0.3) is 11.5 Å². The highest BCUT2D eigenvalue weighted by molar-refractivity contribution is 5.55. The minimum absolute atomic E-state index is 0.458. The number of nitrogens with zero attached hydrogens (tertiary/aromatic N) is 3. The Kier molecular flexibility index (Phi) is 2.79. The van der Waals surface area contributed by atoms with E-state index in [0.29, 0.717) is 29.9 Å². The van der Waals surface area contributed by atoms with Crippen molar-refractivity contribution in [3.8, 4) is 17.5 Å². The Morgan fingerprint density at radius 2 is 2.33 bits per heavy atom. The molecular weight excluding hydrogens is 228 g/mol. The van der Waals surface area contributed by atoms with Gasteiger partial charge in [-0.05, 0) is 31.0 Å². The van der Waals surface area contributed by atoms with E-state index in [1.807, 2.05) is 6.07 Å². The molecule has 3 rings (SSSR count). The van der Waals surface area contributed by atoms with E-state index in [0.717, 1.165) is 5.56 Å². The summed E-state index contributed by atoms with van der Waals surface area (Å²) in [7, 11) is 0. The van der Waals surface area contributed by atoms with Crippen LogP contribution >= 0.6 is 0 Å². The van der Waals surface area contributed by atoms with Crippen molar-refractivity contribution in [2.24, 2.45) is 0 Å². The predicted molar refractivity (Wildman–Crippen MR) is 64.3 cm³/mol. The van der Waals surface area contributed by atoms with Crippen LogP contribution in [0, 0.1) is 11.3 Å². The van der Waals surface area contributed by atoms with Gasteiger partial charge in [-0.15, -0.1) is 0 Å². The quantitative estimate of drug-likeness (QED) is 0.882. The number of hydrogen-bond donors (Lipinski definition) is 1. The van der Waals surface area contributed by atoms with Crippen LogP contribution in [0.15, 0.2) is 28.8 Å². The predicted octanol–water partition coefficient (Wildman–Crippen LogP) is 1.86. The smallest absolute Gasteiger partial charge is 0.258 e. The molecule has 18 heavy (non-hydrogen) atoms. The lowest BCUT2D eigenvalue weighted by atomic mass is 10.1. The second kappa shape index (κ2) is 4.59. The lowest BCUT2D eigenvalue weighted by molar-refractivity contribution is 0.419. The first-order chi connectivity index (χ1) is 8.85. The van der Waals surface area contributed by atoms with Gasteiger partial charge >= 0.3 is 0 Å². The SMILES string of the molecule is N#Cc1cccc(-c2nc(CNC3CC3)no2)c1. The maximum atomic E-state index is 8.84. The first-order valence-corrected chi connectivity index (χ1v) is 5.91. The fraction of sp³-hybridized carbons (Fsp3) is 0.308. The molecule has 1 heterocycles. The lowest BCUT2D eigenvalue weighted by Gasteiger charge is -1.95. The fourth-order valence-corrected chi connectivity index (χ4v) is 1.69. The van der Waals surface area contributed by atoms with Crippen LogP contribution in [0.2, 0.25) is 0 Å². The van der Waals surface area contributed by atoms with Gasteiger partial charge in [-0.1, -0.05) is 11.2 Å². The van der Waals surface area contributed by atoms with Crippen molar-refractivity contribution in [3.05, 3.63) is 35.7 Å². The zero-order chi connectivity index (χ0) is 12.4. The van der Waals surface area contributed by atoms with Crippen molar-refractivity contribution in [2.75, 3.05) is 0 Å². The lowest BCUT2D eigenvalue weighted by Crippen LogP contribution is -2.16. The monoisotopic (exact) mass is 240 g/mol. The molecule has 1 N–H and O–H groups in total. The van der Waals surface area contributed by atoms with Gasteiger partial charge in [-0.2, -0.15) is 10.2 Å². The molecule has 0 radical (unpaired) electrons. The average Bonchev–Trinajstić information content (AvgIpc) is 3.13. The van der Waals surface area contributed by atoms with Crippen LogP contribution in [-0.4, -0.2) is 16.2 Å². The number of aromatic nitrogens is 2.